The number of para-hydroxylation sites is 1. The number of anilines is 1. The molecule has 5 heteroatoms. The minimum atomic E-state index is 0.117. The second-order valence-corrected chi connectivity index (χ2v) is 6.11. The fourth-order valence-electron chi connectivity index (χ4n) is 1.85. The molecule has 1 heterocycles. The zero-order valence-electron chi connectivity index (χ0n) is 9.07. The first-order chi connectivity index (χ1) is 8.24. The summed E-state index contributed by atoms with van der Waals surface area (Å²) >= 11 is 4.98. The average molecular weight is 311 g/mol. The van der Waals surface area contributed by atoms with Crippen LogP contribution in [0.3, 0.4) is 0 Å². The van der Waals surface area contributed by atoms with Crippen LogP contribution in [0.5, 0.6) is 0 Å². The zero-order valence-corrected chi connectivity index (χ0v) is 11.5. The van der Waals surface area contributed by atoms with Crippen LogP contribution >= 0.6 is 27.3 Å². The number of rotatable bonds is 2. The molecule has 0 radical (unpaired) electrons. The average Bonchev–Trinajstić information content (AvgIpc) is 2.58. The smallest absolute Gasteiger partial charge is 0.229 e. The number of hydrogen-bond acceptors (Lipinski definition) is 3. The lowest BCUT2D eigenvalue weighted by Crippen LogP contribution is -2.27. The molecule has 0 unspecified atom stereocenters. The summed E-state index contributed by atoms with van der Waals surface area (Å²) in [6, 6.07) is 5.94. The standard InChI is InChI=1S/C12H11BrN2OS/c13-8-5-2-6-9-10(8)14-12(17-9)15-11(16)7-3-1-4-7/h2,5-7H,1,3-4H2,(H,14,15,16). The quantitative estimate of drug-likeness (QED) is 0.916. The van der Waals surface area contributed by atoms with Gasteiger partial charge in [-0.1, -0.05) is 23.8 Å². The van der Waals surface area contributed by atoms with Crippen LogP contribution < -0.4 is 5.32 Å². The van der Waals surface area contributed by atoms with Crippen LogP contribution in [0, 0.1) is 5.92 Å². The maximum atomic E-state index is 11.8. The summed E-state index contributed by atoms with van der Waals surface area (Å²) < 4.78 is 2.05. The highest BCUT2D eigenvalue weighted by molar-refractivity contribution is 9.10. The Hall–Kier alpha value is -0.940. The number of carbonyl (C=O) groups excluding carboxylic acids is 1. The summed E-state index contributed by atoms with van der Waals surface area (Å²) in [7, 11) is 0. The summed E-state index contributed by atoms with van der Waals surface area (Å²) in [6.45, 7) is 0. The molecular formula is C12H11BrN2OS. The molecule has 1 aromatic heterocycles. The molecule has 2 aromatic rings. The van der Waals surface area contributed by atoms with E-state index in [4.69, 9.17) is 0 Å². The molecule has 0 bridgehead atoms. The van der Waals surface area contributed by atoms with E-state index in [1.165, 1.54) is 17.8 Å². The topological polar surface area (TPSA) is 42.0 Å². The Balaban J connectivity index is 1.85. The summed E-state index contributed by atoms with van der Waals surface area (Å²) in [6.07, 6.45) is 3.20. The molecule has 0 aliphatic heterocycles. The summed E-state index contributed by atoms with van der Waals surface area (Å²) in [5.74, 6) is 0.317. The van der Waals surface area contributed by atoms with Gasteiger partial charge in [-0.15, -0.1) is 0 Å². The van der Waals surface area contributed by atoms with E-state index in [0.29, 0.717) is 5.13 Å². The fourth-order valence-corrected chi connectivity index (χ4v) is 3.33. The SMILES string of the molecule is O=C(Nc1nc2c(Br)cccc2s1)C1CCC1. The van der Waals surface area contributed by atoms with Crippen LogP contribution in [0.1, 0.15) is 19.3 Å². The van der Waals surface area contributed by atoms with Gasteiger partial charge in [0.05, 0.1) is 10.2 Å². The molecule has 17 heavy (non-hydrogen) atoms. The van der Waals surface area contributed by atoms with Gasteiger partial charge in [0.1, 0.15) is 0 Å². The van der Waals surface area contributed by atoms with E-state index < -0.39 is 0 Å². The number of amides is 1. The first-order valence-electron chi connectivity index (χ1n) is 5.60. The number of carbonyl (C=O) groups is 1. The van der Waals surface area contributed by atoms with Crippen molar-refractivity contribution >= 4 is 48.5 Å². The van der Waals surface area contributed by atoms with E-state index in [1.807, 2.05) is 18.2 Å². The molecule has 3 nitrogen and oxygen atoms in total. The van der Waals surface area contributed by atoms with E-state index in [-0.39, 0.29) is 11.8 Å². The molecular weight excluding hydrogens is 300 g/mol. The molecule has 1 N–H and O–H groups in total. The predicted octanol–water partition coefficient (Wildman–Crippen LogP) is 3.80. The molecule has 1 aliphatic carbocycles. The molecule has 0 saturated heterocycles. The monoisotopic (exact) mass is 310 g/mol. The molecule has 1 amide bonds. The minimum absolute atomic E-state index is 0.117. The second kappa shape index (κ2) is 4.38. The number of hydrogen-bond donors (Lipinski definition) is 1. The van der Waals surface area contributed by atoms with Gasteiger partial charge in [-0.05, 0) is 40.9 Å². The van der Waals surface area contributed by atoms with Crippen LogP contribution in [0.2, 0.25) is 0 Å². The lowest BCUT2D eigenvalue weighted by Gasteiger charge is -2.23. The normalized spacial score (nSPS) is 15.8. The zero-order chi connectivity index (χ0) is 11.8. The van der Waals surface area contributed by atoms with Gasteiger partial charge in [-0.25, -0.2) is 4.98 Å². The highest BCUT2D eigenvalue weighted by atomic mass is 79.9. The Morgan fingerprint density at radius 1 is 1.47 bits per heavy atom. The van der Waals surface area contributed by atoms with Crippen molar-refractivity contribution < 1.29 is 4.79 Å². The lowest BCUT2D eigenvalue weighted by atomic mass is 9.85. The number of fused-ring (bicyclic) bond motifs is 1. The van der Waals surface area contributed by atoms with Crippen LogP contribution in [-0.2, 0) is 4.79 Å². The van der Waals surface area contributed by atoms with Crippen molar-refractivity contribution in [2.75, 3.05) is 5.32 Å². The minimum Gasteiger partial charge on any atom is -0.302 e. The molecule has 1 aromatic carbocycles. The number of halogens is 1. The Labute approximate surface area is 111 Å². The number of nitrogens with zero attached hydrogens (tertiary/aromatic N) is 1. The van der Waals surface area contributed by atoms with Gasteiger partial charge >= 0.3 is 0 Å². The van der Waals surface area contributed by atoms with Gasteiger partial charge < -0.3 is 5.32 Å². The van der Waals surface area contributed by atoms with Crippen molar-refractivity contribution in [2.24, 2.45) is 5.92 Å². The maximum absolute atomic E-state index is 11.8. The molecule has 0 atom stereocenters. The molecule has 1 saturated carbocycles. The van der Waals surface area contributed by atoms with E-state index in [1.54, 1.807) is 0 Å². The van der Waals surface area contributed by atoms with E-state index in [0.717, 1.165) is 27.5 Å². The molecule has 3 rings (SSSR count). The van der Waals surface area contributed by atoms with Crippen molar-refractivity contribution in [1.82, 2.24) is 4.98 Å². The highest BCUT2D eigenvalue weighted by Crippen LogP contribution is 2.32. The first-order valence-corrected chi connectivity index (χ1v) is 7.21. The predicted molar refractivity (Wildman–Crippen MR) is 73.3 cm³/mol. The van der Waals surface area contributed by atoms with Gasteiger partial charge in [0.25, 0.3) is 0 Å². The third kappa shape index (κ3) is 2.09. The number of aromatic nitrogens is 1. The number of thiazole rings is 1. The lowest BCUT2D eigenvalue weighted by molar-refractivity contribution is -0.122. The Bertz CT molecular complexity index is 577. The van der Waals surface area contributed by atoms with E-state index in [9.17, 15) is 4.79 Å². The molecule has 88 valence electrons. The van der Waals surface area contributed by atoms with Gasteiger partial charge in [0.2, 0.25) is 5.91 Å². The molecule has 0 spiro atoms. The Morgan fingerprint density at radius 2 is 2.29 bits per heavy atom. The summed E-state index contributed by atoms with van der Waals surface area (Å²) in [5, 5.41) is 3.61. The first kappa shape index (κ1) is 11.2. The fraction of sp³-hybridized carbons (Fsp3) is 0.333. The van der Waals surface area contributed by atoms with Crippen LogP contribution in [0.15, 0.2) is 22.7 Å². The summed E-state index contributed by atoms with van der Waals surface area (Å²) in [4.78, 5) is 16.2. The number of nitrogens with one attached hydrogen (secondary N) is 1. The van der Waals surface area contributed by atoms with Crippen LogP contribution in [0.4, 0.5) is 5.13 Å². The van der Waals surface area contributed by atoms with Crippen molar-refractivity contribution in [2.45, 2.75) is 19.3 Å². The van der Waals surface area contributed by atoms with E-state index >= 15 is 0 Å². The van der Waals surface area contributed by atoms with E-state index in [2.05, 4.69) is 26.2 Å². The van der Waals surface area contributed by atoms with Gasteiger partial charge in [0, 0.05) is 10.4 Å². The maximum Gasteiger partial charge on any atom is 0.229 e. The highest BCUT2D eigenvalue weighted by Gasteiger charge is 2.25. The third-order valence-corrected chi connectivity index (χ3v) is 4.65. The third-order valence-electron chi connectivity index (χ3n) is 3.08. The largest absolute Gasteiger partial charge is 0.302 e. The van der Waals surface area contributed by atoms with Crippen LogP contribution in [-0.4, -0.2) is 10.9 Å². The Morgan fingerprint density at radius 3 is 2.94 bits per heavy atom. The summed E-state index contributed by atoms with van der Waals surface area (Å²) in [5.41, 5.74) is 0.918. The van der Waals surface area contributed by atoms with Crippen LogP contribution in [0.25, 0.3) is 10.2 Å². The van der Waals surface area contributed by atoms with Gasteiger partial charge in [-0.2, -0.15) is 0 Å². The van der Waals surface area contributed by atoms with Crippen molar-refractivity contribution in [3.8, 4) is 0 Å². The van der Waals surface area contributed by atoms with Gasteiger partial charge in [-0.3, -0.25) is 4.79 Å². The van der Waals surface area contributed by atoms with Crippen molar-refractivity contribution in [3.05, 3.63) is 22.7 Å². The molecule has 1 aliphatic rings. The molecule has 1 fully saturated rings. The van der Waals surface area contributed by atoms with Crippen molar-refractivity contribution in [1.29, 1.82) is 0 Å². The Kier molecular flexibility index (Phi) is 2.88. The van der Waals surface area contributed by atoms with Gasteiger partial charge in [0.15, 0.2) is 5.13 Å². The van der Waals surface area contributed by atoms with Crippen molar-refractivity contribution in [3.63, 3.8) is 0 Å². The second-order valence-electron chi connectivity index (χ2n) is 4.22. The number of benzene rings is 1.